The summed E-state index contributed by atoms with van der Waals surface area (Å²) in [6, 6.07) is 6.76. The Morgan fingerprint density at radius 1 is 1.24 bits per heavy atom. The van der Waals surface area contributed by atoms with Gasteiger partial charge in [0.15, 0.2) is 9.84 Å². The fourth-order valence-electron chi connectivity index (χ4n) is 3.10. The summed E-state index contributed by atoms with van der Waals surface area (Å²) in [4.78, 5) is 14.1. The Labute approximate surface area is 152 Å². The lowest BCUT2D eigenvalue weighted by molar-refractivity contribution is -0.142. The van der Waals surface area contributed by atoms with E-state index in [-0.39, 0.29) is 22.6 Å². The first-order valence-corrected chi connectivity index (χ1v) is 10.2. The Morgan fingerprint density at radius 2 is 1.92 bits per heavy atom. The van der Waals surface area contributed by atoms with Gasteiger partial charge in [0.1, 0.15) is 10.7 Å². The second-order valence-electron chi connectivity index (χ2n) is 6.39. The lowest BCUT2D eigenvalue weighted by Crippen LogP contribution is -2.37. The van der Waals surface area contributed by atoms with E-state index in [1.807, 2.05) is 0 Å². The van der Waals surface area contributed by atoms with Gasteiger partial charge in [-0.05, 0) is 69.0 Å². The summed E-state index contributed by atoms with van der Waals surface area (Å²) in [5, 5.41) is 0.760. The van der Waals surface area contributed by atoms with Crippen LogP contribution in [0.4, 0.5) is 5.69 Å². The van der Waals surface area contributed by atoms with Gasteiger partial charge in [0.25, 0.3) is 0 Å². The number of allylic oxidation sites excluding steroid dienone is 2. The largest absolute Gasteiger partial charge is 0.458 e. The van der Waals surface area contributed by atoms with E-state index in [2.05, 4.69) is 0 Å². The Balaban J connectivity index is 2.13. The van der Waals surface area contributed by atoms with Gasteiger partial charge in [0.2, 0.25) is 0 Å². The first-order valence-electron chi connectivity index (χ1n) is 8.21. The molecule has 0 saturated carbocycles. The summed E-state index contributed by atoms with van der Waals surface area (Å²) in [5.41, 5.74) is 1.65. The van der Waals surface area contributed by atoms with E-state index in [1.54, 1.807) is 44.2 Å². The van der Waals surface area contributed by atoms with Gasteiger partial charge in [-0.15, -0.1) is 0 Å². The summed E-state index contributed by atoms with van der Waals surface area (Å²) in [5.74, 6) is -0.445. The van der Waals surface area contributed by atoms with E-state index < -0.39 is 15.8 Å². The highest BCUT2D eigenvalue weighted by Crippen LogP contribution is 2.39. The van der Waals surface area contributed by atoms with Crippen molar-refractivity contribution in [3.8, 4) is 0 Å². The third-order valence-electron chi connectivity index (χ3n) is 4.11. The molecule has 0 aliphatic carbocycles. The van der Waals surface area contributed by atoms with Crippen molar-refractivity contribution < 1.29 is 17.9 Å². The van der Waals surface area contributed by atoms with Crippen molar-refractivity contribution in [1.82, 2.24) is 0 Å². The van der Waals surface area contributed by atoms with Gasteiger partial charge in [-0.1, -0.05) is 11.6 Å². The average molecular weight is 382 g/mol. The van der Waals surface area contributed by atoms with Crippen LogP contribution in [-0.2, 0) is 19.4 Å². The zero-order valence-electron chi connectivity index (χ0n) is 14.2. The monoisotopic (exact) mass is 381 g/mol. The lowest BCUT2D eigenvalue weighted by Gasteiger charge is -2.35. The van der Waals surface area contributed by atoms with Gasteiger partial charge in [0, 0.05) is 10.7 Å². The van der Waals surface area contributed by atoms with Crippen LogP contribution in [0, 0.1) is 0 Å². The van der Waals surface area contributed by atoms with Crippen LogP contribution >= 0.6 is 11.6 Å². The minimum atomic E-state index is -3.46. The van der Waals surface area contributed by atoms with Crippen molar-refractivity contribution in [2.75, 3.05) is 10.7 Å². The van der Waals surface area contributed by atoms with Gasteiger partial charge >= 0.3 is 5.97 Å². The van der Waals surface area contributed by atoms with E-state index in [0.29, 0.717) is 30.0 Å². The minimum Gasteiger partial charge on any atom is -0.458 e. The van der Waals surface area contributed by atoms with Crippen LogP contribution in [0.2, 0.25) is 5.02 Å². The Kier molecular flexibility index (Phi) is 4.93. The second kappa shape index (κ2) is 6.84. The number of anilines is 1. The summed E-state index contributed by atoms with van der Waals surface area (Å²) in [7, 11) is -3.46. The average Bonchev–Trinajstić information content (AvgIpc) is 2.53. The zero-order chi connectivity index (χ0) is 18.2. The van der Waals surface area contributed by atoms with Crippen molar-refractivity contribution in [1.29, 1.82) is 0 Å². The molecule has 25 heavy (non-hydrogen) atoms. The van der Waals surface area contributed by atoms with Crippen LogP contribution in [0.15, 0.2) is 46.6 Å². The fraction of sp³-hybridized carbons (Fsp3) is 0.389. The maximum atomic E-state index is 12.8. The number of rotatable bonds is 3. The van der Waals surface area contributed by atoms with E-state index >= 15 is 0 Å². The Morgan fingerprint density at radius 3 is 2.56 bits per heavy atom. The van der Waals surface area contributed by atoms with Gasteiger partial charge < -0.3 is 4.74 Å². The fourth-order valence-corrected chi connectivity index (χ4v) is 5.05. The molecule has 0 aromatic heterocycles. The van der Waals surface area contributed by atoms with Crippen molar-refractivity contribution in [2.24, 2.45) is 0 Å². The minimum absolute atomic E-state index is 0.0857. The van der Waals surface area contributed by atoms with Crippen molar-refractivity contribution in [3.05, 3.63) is 51.7 Å². The first kappa shape index (κ1) is 18.0. The molecule has 1 aromatic carbocycles. The van der Waals surface area contributed by atoms with E-state index in [4.69, 9.17) is 16.3 Å². The molecule has 2 aliphatic heterocycles. The normalized spacial score (nSPS) is 19.5. The highest BCUT2D eigenvalue weighted by molar-refractivity contribution is 7.95. The summed E-state index contributed by atoms with van der Waals surface area (Å²) in [6.45, 7) is 3.52. The predicted molar refractivity (Wildman–Crippen MR) is 97.9 cm³/mol. The molecule has 134 valence electrons. The van der Waals surface area contributed by atoms with Gasteiger partial charge in [-0.3, -0.25) is 4.90 Å². The SMILES string of the molecule is CC(C)OC(=O)C1=CCC2=C(N1c1ccc(Cl)cc1)S(=O)(=O)CCC2. The lowest BCUT2D eigenvalue weighted by atomic mass is 10.0. The molecule has 0 unspecified atom stereocenters. The summed E-state index contributed by atoms with van der Waals surface area (Å²) < 4.78 is 30.8. The van der Waals surface area contributed by atoms with Gasteiger partial charge in [-0.2, -0.15) is 0 Å². The molecular formula is C18H20ClNO4S. The van der Waals surface area contributed by atoms with Crippen LogP contribution in [0.5, 0.6) is 0 Å². The molecule has 1 aromatic rings. The van der Waals surface area contributed by atoms with E-state index in [0.717, 1.165) is 5.57 Å². The third kappa shape index (κ3) is 3.60. The molecule has 3 rings (SSSR count). The van der Waals surface area contributed by atoms with Crippen molar-refractivity contribution in [3.63, 3.8) is 0 Å². The molecule has 0 N–H and O–H groups in total. The maximum absolute atomic E-state index is 12.8. The molecule has 0 radical (unpaired) electrons. The van der Waals surface area contributed by atoms with Gasteiger partial charge in [-0.25, -0.2) is 13.2 Å². The van der Waals surface area contributed by atoms with Gasteiger partial charge in [0.05, 0.1) is 11.9 Å². The number of hydrogen-bond donors (Lipinski definition) is 0. The zero-order valence-corrected chi connectivity index (χ0v) is 15.7. The van der Waals surface area contributed by atoms with E-state index in [1.165, 1.54) is 4.90 Å². The van der Waals surface area contributed by atoms with Crippen molar-refractivity contribution in [2.45, 2.75) is 39.2 Å². The van der Waals surface area contributed by atoms with Crippen LogP contribution < -0.4 is 4.90 Å². The van der Waals surface area contributed by atoms with Crippen molar-refractivity contribution >= 4 is 33.1 Å². The smallest absolute Gasteiger partial charge is 0.355 e. The summed E-state index contributed by atoms with van der Waals surface area (Å²) in [6.07, 6.45) is 3.22. The van der Waals surface area contributed by atoms with Crippen LogP contribution in [0.3, 0.4) is 0 Å². The maximum Gasteiger partial charge on any atom is 0.355 e. The molecule has 0 fully saturated rings. The molecule has 0 bridgehead atoms. The molecule has 2 heterocycles. The standard InChI is InChI=1S/C18H20ClNO4S/c1-12(2)24-18(21)16-10-5-13-4-3-11-25(22,23)17(13)20(16)15-8-6-14(19)7-9-15/h6-10,12H,3-5,11H2,1-2H3. The third-order valence-corrected chi connectivity index (χ3v) is 6.25. The first-order chi connectivity index (χ1) is 11.8. The highest BCUT2D eigenvalue weighted by Gasteiger charge is 2.38. The highest BCUT2D eigenvalue weighted by atomic mass is 35.5. The van der Waals surface area contributed by atoms with Crippen LogP contribution in [0.1, 0.15) is 33.1 Å². The number of hydrogen-bond acceptors (Lipinski definition) is 5. The molecule has 0 spiro atoms. The summed E-state index contributed by atoms with van der Waals surface area (Å²) >= 11 is 5.96. The van der Waals surface area contributed by atoms with Crippen LogP contribution in [-0.4, -0.2) is 26.2 Å². The number of carbonyl (C=O) groups excluding carboxylic acids is 1. The molecule has 0 atom stereocenters. The molecule has 7 heteroatoms. The number of nitrogens with zero attached hydrogens (tertiary/aromatic N) is 1. The van der Waals surface area contributed by atoms with Crippen LogP contribution in [0.25, 0.3) is 0 Å². The number of esters is 1. The number of benzene rings is 1. The number of ether oxygens (including phenoxy) is 1. The number of sulfone groups is 1. The molecule has 0 amide bonds. The molecule has 2 aliphatic rings. The topological polar surface area (TPSA) is 63.7 Å². The second-order valence-corrected chi connectivity index (χ2v) is 8.85. The molecule has 5 nitrogen and oxygen atoms in total. The molecular weight excluding hydrogens is 362 g/mol. The molecule has 0 saturated heterocycles. The van der Waals surface area contributed by atoms with E-state index in [9.17, 15) is 13.2 Å². The number of carbonyl (C=O) groups is 1. The number of halogens is 1. The Hall–Kier alpha value is -1.79. The quantitative estimate of drug-likeness (QED) is 0.745. The Bertz CT molecular complexity index is 854. The predicted octanol–water partition coefficient (Wildman–Crippen LogP) is 3.81.